The number of rotatable bonds is 7. The number of nitrogens with zero attached hydrogens (tertiary/aromatic N) is 3. The number of aromatic nitrogens is 3. The quantitative estimate of drug-likeness (QED) is 0.740. The number of nitrogens with one attached hydrogen (secondary N) is 2. The fourth-order valence-electron chi connectivity index (χ4n) is 3.32. The Kier molecular flexibility index (Phi) is 5.65. The van der Waals surface area contributed by atoms with Crippen molar-refractivity contribution in [2.24, 2.45) is 0 Å². The Hall–Kier alpha value is -2.70. The summed E-state index contributed by atoms with van der Waals surface area (Å²) < 4.78 is 1.78. The summed E-state index contributed by atoms with van der Waals surface area (Å²) in [6.07, 6.45) is 4.26. The summed E-state index contributed by atoms with van der Waals surface area (Å²) in [4.78, 5) is 31.6. The Bertz CT molecular complexity index is 827. The molecule has 1 aliphatic carbocycles. The molecule has 2 heterocycles. The Labute approximate surface area is 152 Å². The first-order valence-corrected chi connectivity index (χ1v) is 9.02. The first-order valence-electron chi connectivity index (χ1n) is 9.02. The van der Waals surface area contributed by atoms with Gasteiger partial charge in [0.1, 0.15) is 12.1 Å². The SMILES string of the molecule is CC(=O)NC1CC(c2cc(NCCCn3c(C)cccc3=O)ncn2)C1. The summed E-state index contributed by atoms with van der Waals surface area (Å²) in [5.41, 5.74) is 2.02. The highest BCUT2D eigenvalue weighted by Gasteiger charge is 2.31. The Balaban J connectivity index is 1.47. The van der Waals surface area contributed by atoms with Crippen LogP contribution >= 0.6 is 0 Å². The zero-order valence-electron chi connectivity index (χ0n) is 15.2. The average Bonchev–Trinajstić information content (AvgIpc) is 2.57. The largest absolute Gasteiger partial charge is 0.370 e. The van der Waals surface area contributed by atoms with E-state index in [2.05, 4.69) is 20.6 Å². The van der Waals surface area contributed by atoms with Gasteiger partial charge in [0.2, 0.25) is 5.91 Å². The van der Waals surface area contributed by atoms with E-state index in [1.54, 1.807) is 30.0 Å². The molecule has 0 aliphatic heterocycles. The number of hydrogen-bond donors (Lipinski definition) is 2. The molecule has 7 nitrogen and oxygen atoms in total. The second-order valence-electron chi connectivity index (χ2n) is 6.83. The van der Waals surface area contributed by atoms with E-state index in [4.69, 9.17) is 0 Å². The zero-order chi connectivity index (χ0) is 18.5. The molecule has 138 valence electrons. The van der Waals surface area contributed by atoms with Crippen LogP contribution in [0.15, 0.2) is 35.4 Å². The number of pyridine rings is 1. The van der Waals surface area contributed by atoms with Gasteiger partial charge in [0.05, 0.1) is 0 Å². The maximum Gasteiger partial charge on any atom is 0.250 e. The Morgan fingerprint density at radius 1 is 1.31 bits per heavy atom. The zero-order valence-corrected chi connectivity index (χ0v) is 15.2. The summed E-state index contributed by atoms with van der Waals surface area (Å²) in [6, 6.07) is 7.55. The molecule has 1 aliphatic rings. The lowest BCUT2D eigenvalue weighted by molar-refractivity contribution is -0.120. The predicted molar refractivity (Wildman–Crippen MR) is 100 cm³/mol. The van der Waals surface area contributed by atoms with Gasteiger partial charge in [0.15, 0.2) is 0 Å². The molecule has 2 aromatic heterocycles. The van der Waals surface area contributed by atoms with E-state index < -0.39 is 0 Å². The van der Waals surface area contributed by atoms with Gasteiger partial charge in [-0.1, -0.05) is 6.07 Å². The molecule has 2 aromatic rings. The molecule has 1 saturated carbocycles. The summed E-state index contributed by atoms with van der Waals surface area (Å²) in [7, 11) is 0. The topological polar surface area (TPSA) is 88.9 Å². The van der Waals surface area contributed by atoms with Crippen LogP contribution in [0.1, 0.15) is 43.5 Å². The van der Waals surface area contributed by atoms with Crippen LogP contribution in [0.25, 0.3) is 0 Å². The van der Waals surface area contributed by atoms with Crippen LogP contribution in [0, 0.1) is 6.92 Å². The Morgan fingerprint density at radius 3 is 2.85 bits per heavy atom. The van der Waals surface area contributed by atoms with E-state index in [9.17, 15) is 9.59 Å². The van der Waals surface area contributed by atoms with Gasteiger partial charge in [-0.2, -0.15) is 0 Å². The highest BCUT2D eigenvalue weighted by Crippen LogP contribution is 2.36. The maximum atomic E-state index is 11.9. The lowest BCUT2D eigenvalue weighted by Gasteiger charge is -2.35. The fraction of sp³-hybridized carbons (Fsp3) is 0.474. The lowest BCUT2D eigenvalue weighted by atomic mass is 9.78. The smallest absolute Gasteiger partial charge is 0.250 e. The number of anilines is 1. The van der Waals surface area contributed by atoms with E-state index >= 15 is 0 Å². The van der Waals surface area contributed by atoms with Gasteiger partial charge >= 0.3 is 0 Å². The third-order valence-corrected chi connectivity index (χ3v) is 4.78. The van der Waals surface area contributed by atoms with E-state index in [-0.39, 0.29) is 17.5 Å². The molecule has 0 aromatic carbocycles. The standard InChI is InChI=1S/C19H25N5O2/c1-13-5-3-6-19(26)24(13)8-4-7-20-18-11-17(21-12-22-18)15-9-16(10-15)23-14(2)25/h3,5-6,11-12,15-16H,4,7-10H2,1-2H3,(H,23,25)(H,20,21,22). The molecule has 26 heavy (non-hydrogen) atoms. The second kappa shape index (κ2) is 8.12. The molecule has 0 saturated heterocycles. The number of carbonyl (C=O) groups excluding carboxylic acids is 1. The van der Waals surface area contributed by atoms with Crippen molar-refractivity contribution in [3.63, 3.8) is 0 Å². The average molecular weight is 355 g/mol. The summed E-state index contributed by atoms with van der Waals surface area (Å²) >= 11 is 0. The van der Waals surface area contributed by atoms with Crippen LogP contribution in [-0.4, -0.2) is 33.0 Å². The number of carbonyl (C=O) groups is 1. The first-order chi connectivity index (χ1) is 12.5. The van der Waals surface area contributed by atoms with Crippen molar-refractivity contribution in [3.05, 3.63) is 52.3 Å². The van der Waals surface area contributed by atoms with Gasteiger partial charge in [-0.25, -0.2) is 9.97 Å². The fourth-order valence-corrected chi connectivity index (χ4v) is 3.32. The second-order valence-corrected chi connectivity index (χ2v) is 6.83. The van der Waals surface area contributed by atoms with Crippen molar-refractivity contribution in [1.29, 1.82) is 0 Å². The monoisotopic (exact) mass is 355 g/mol. The van der Waals surface area contributed by atoms with E-state index in [1.165, 1.54) is 0 Å². The lowest BCUT2D eigenvalue weighted by Crippen LogP contribution is -2.42. The molecular weight excluding hydrogens is 330 g/mol. The van der Waals surface area contributed by atoms with Gasteiger partial charge in [-0.3, -0.25) is 9.59 Å². The normalized spacial score (nSPS) is 18.8. The van der Waals surface area contributed by atoms with Gasteiger partial charge in [0, 0.05) is 55.5 Å². The highest BCUT2D eigenvalue weighted by atomic mass is 16.1. The predicted octanol–water partition coefficient (Wildman–Crippen LogP) is 1.83. The highest BCUT2D eigenvalue weighted by molar-refractivity contribution is 5.73. The minimum Gasteiger partial charge on any atom is -0.370 e. The molecule has 0 bridgehead atoms. The molecule has 3 rings (SSSR count). The van der Waals surface area contributed by atoms with Crippen LogP contribution in [0.3, 0.4) is 0 Å². The van der Waals surface area contributed by atoms with Crippen LogP contribution in [0.2, 0.25) is 0 Å². The van der Waals surface area contributed by atoms with Crippen molar-refractivity contribution in [1.82, 2.24) is 19.9 Å². The van der Waals surface area contributed by atoms with Gasteiger partial charge in [-0.05, 0) is 32.3 Å². The van der Waals surface area contributed by atoms with E-state index in [1.807, 2.05) is 19.1 Å². The molecule has 0 atom stereocenters. The van der Waals surface area contributed by atoms with Crippen molar-refractivity contribution >= 4 is 11.7 Å². The van der Waals surface area contributed by atoms with Crippen molar-refractivity contribution in [3.8, 4) is 0 Å². The molecule has 0 unspecified atom stereocenters. The van der Waals surface area contributed by atoms with Crippen LogP contribution in [0.5, 0.6) is 0 Å². The van der Waals surface area contributed by atoms with Crippen LogP contribution in [0.4, 0.5) is 5.82 Å². The van der Waals surface area contributed by atoms with Crippen molar-refractivity contribution in [2.45, 2.75) is 51.6 Å². The molecule has 1 fully saturated rings. The van der Waals surface area contributed by atoms with Crippen LogP contribution in [-0.2, 0) is 11.3 Å². The first kappa shape index (κ1) is 18.1. The minimum atomic E-state index is 0.0197. The molecule has 1 amide bonds. The van der Waals surface area contributed by atoms with E-state index in [0.717, 1.165) is 43.0 Å². The molecule has 0 spiro atoms. The van der Waals surface area contributed by atoms with E-state index in [0.29, 0.717) is 12.5 Å². The van der Waals surface area contributed by atoms with Gasteiger partial charge in [0.25, 0.3) is 5.56 Å². The minimum absolute atomic E-state index is 0.0197. The molecule has 2 N–H and O–H groups in total. The van der Waals surface area contributed by atoms with Crippen molar-refractivity contribution in [2.75, 3.05) is 11.9 Å². The maximum absolute atomic E-state index is 11.9. The summed E-state index contributed by atoms with van der Waals surface area (Å²) in [5.74, 6) is 1.20. The van der Waals surface area contributed by atoms with Crippen molar-refractivity contribution < 1.29 is 4.79 Å². The Morgan fingerprint density at radius 2 is 2.12 bits per heavy atom. The summed E-state index contributed by atoms with van der Waals surface area (Å²) in [6.45, 7) is 4.90. The molecule has 7 heteroatoms. The number of amides is 1. The third-order valence-electron chi connectivity index (χ3n) is 4.78. The molecule has 0 radical (unpaired) electrons. The number of hydrogen-bond acceptors (Lipinski definition) is 5. The number of aryl methyl sites for hydroxylation is 1. The van der Waals surface area contributed by atoms with Crippen LogP contribution < -0.4 is 16.2 Å². The van der Waals surface area contributed by atoms with Gasteiger partial charge < -0.3 is 15.2 Å². The summed E-state index contributed by atoms with van der Waals surface area (Å²) in [5, 5.41) is 6.24. The van der Waals surface area contributed by atoms with Gasteiger partial charge in [-0.15, -0.1) is 0 Å². The molecular formula is C19H25N5O2. The third kappa shape index (κ3) is 4.47.